The van der Waals surface area contributed by atoms with Crippen LogP contribution in [-0.2, 0) is 4.79 Å². The average Bonchev–Trinajstić information content (AvgIpc) is 2.16. The summed E-state index contributed by atoms with van der Waals surface area (Å²) in [6.45, 7) is 3.86. The van der Waals surface area contributed by atoms with E-state index in [-0.39, 0.29) is 5.91 Å². The maximum atomic E-state index is 11.3. The predicted molar refractivity (Wildman–Crippen MR) is 57.9 cm³/mol. The van der Waals surface area contributed by atoms with Gasteiger partial charge in [-0.2, -0.15) is 0 Å². The maximum Gasteiger partial charge on any atom is 0.240 e. The number of anilines is 1. The van der Waals surface area contributed by atoms with Crippen molar-refractivity contribution < 1.29 is 4.79 Å². The molecule has 0 aliphatic carbocycles. The summed E-state index contributed by atoms with van der Waals surface area (Å²) >= 11 is 0. The fourth-order valence-corrected chi connectivity index (χ4v) is 1.21. The molecule has 0 fully saturated rings. The van der Waals surface area contributed by atoms with Crippen molar-refractivity contribution in [3.8, 4) is 0 Å². The van der Waals surface area contributed by atoms with Crippen LogP contribution < -0.4 is 5.43 Å². The molecule has 1 aromatic rings. The third kappa shape index (κ3) is 2.76. The summed E-state index contributed by atoms with van der Waals surface area (Å²) in [6.07, 6.45) is 0.509. The van der Waals surface area contributed by atoms with Crippen molar-refractivity contribution in [2.45, 2.75) is 20.3 Å². The van der Waals surface area contributed by atoms with E-state index in [1.807, 2.05) is 38.1 Å². The van der Waals surface area contributed by atoms with Crippen LogP contribution in [0.4, 0.5) is 5.69 Å². The Kier molecular flexibility index (Phi) is 3.51. The predicted octanol–water partition coefficient (Wildman–Crippen LogP) is 2.19. The van der Waals surface area contributed by atoms with Crippen LogP contribution in [0.15, 0.2) is 24.3 Å². The van der Waals surface area contributed by atoms with E-state index in [0.717, 1.165) is 5.69 Å². The van der Waals surface area contributed by atoms with Gasteiger partial charge in [-0.1, -0.05) is 19.1 Å². The Hall–Kier alpha value is -1.51. The lowest BCUT2D eigenvalue weighted by molar-refractivity contribution is -0.128. The third-order valence-corrected chi connectivity index (χ3v) is 1.99. The Labute approximate surface area is 84.7 Å². The van der Waals surface area contributed by atoms with Gasteiger partial charge in [0.15, 0.2) is 0 Å². The van der Waals surface area contributed by atoms with Crippen molar-refractivity contribution >= 4 is 11.6 Å². The zero-order chi connectivity index (χ0) is 10.6. The molecule has 1 amide bonds. The van der Waals surface area contributed by atoms with E-state index in [0.29, 0.717) is 6.42 Å². The number of hydrogen-bond acceptors (Lipinski definition) is 2. The normalized spacial score (nSPS) is 9.64. The summed E-state index contributed by atoms with van der Waals surface area (Å²) < 4.78 is 0. The molecule has 0 bridgehead atoms. The largest absolute Gasteiger partial charge is 0.296 e. The van der Waals surface area contributed by atoms with Gasteiger partial charge in [0, 0.05) is 13.5 Å². The summed E-state index contributed by atoms with van der Waals surface area (Å²) in [6, 6.07) is 7.92. The summed E-state index contributed by atoms with van der Waals surface area (Å²) in [4.78, 5) is 11.3. The van der Waals surface area contributed by atoms with Gasteiger partial charge >= 0.3 is 0 Å². The number of rotatable bonds is 3. The van der Waals surface area contributed by atoms with Gasteiger partial charge in [0.05, 0.1) is 5.69 Å². The van der Waals surface area contributed by atoms with Crippen molar-refractivity contribution in [3.05, 3.63) is 29.8 Å². The van der Waals surface area contributed by atoms with Crippen LogP contribution in [0.25, 0.3) is 0 Å². The molecular weight excluding hydrogens is 176 g/mol. The van der Waals surface area contributed by atoms with Crippen molar-refractivity contribution in [1.29, 1.82) is 0 Å². The lowest BCUT2D eigenvalue weighted by atomic mass is 10.2. The molecule has 0 radical (unpaired) electrons. The van der Waals surface area contributed by atoms with E-state index >= 15 is 0 Å². The first-order valence-corrected chi connectivity index (χ1v) is 4.73. The van der Waals surface area contributed by atoms with Crippen LogP contribution in [0, 0.1) is 6.92 Å². The van der Waals surface area contributed by atoms with Crippen LogP contribution in [0.3, 0.4) is 0 Å². The number of carbonyl (C=O) groups is 1. The van der Waals surface area contributed by atoms with Crippen molar-refractivity contribution in [2.75, 3.05) is 12.5 Å². The van der Waals surface area contributed by atoms with Crippen molar-refractivity contribution in [3.63, 3.8) is 0 Å². The van der Waals surface area contributed by atoms with Crippen LogP contribution in [0.2, 0.25) is 0 Å². The fourth-order valence-electron chi connectivity index (χ4n) is 1.21. The number of carbonyl (C=O) groups excluding carboxylic acids is 1. The molecule has 0 unspecified atom stereocenters. The van der Waals surface area contributed by atoms with Gasteiger partial charge in [0.25, 0.3) is 0 Å². The minimum absolute atomic E-state index is 0.0755. The summed E-state index contributed by atoms with van der Waals surface area (Å²) in [5.41, 5.74) is 5.13. The Bertz CT molecular complexity index is 323. The molecule has 1 aromatic carbocycles. The summed E-state index contributed by atoms with van der Waals surface area (Å²) in [7, 11) is 1.73. The van der Waals surface area contributed by atoms with Gasteiger partial charge < -0.3 is 0 Å². The Morgan fingerprint density at radius 1 is 1.50 bits per heavy atom. The molecule has 1 N–H and O–H groups in total. The van der Waals surface area contributed by atoms with Crippen LogP contribution in [0.5, 0.6) is 0 Å². The van der Waals surface area contributed by atoms with Crippen LogP contribution in [0.1, 0.15) is 18.9 Å². The van der Waals surface area contributed by atoms with E-state index in [9.17, 15) is 4.79 Å². The SMILES string of the molecule is CCC(=O)N(C)Nc1cccc(C)c1. The van der Waals surface area contributed by atoms with Gasteiger partial charge in [-0.3, -0.25) is 15.2 Å². The molecule has 0 spiro atoms. The minimum Gasteiger partial charge on any atom is -0.296 e. The minimum atomic E-state index is 0.0755. The highest BCUT2D eigenvalue weighted by atomic mass is 16.2. The number of hydrazine groups is 1. The molecule has 0 heterocycles. The molecule has 1 rings (SSSR count). The molecule has 0 saturated carbocycles. The van der Waals surface area contributed by atoms with E-state index in [4.69, 9.17) is 0 Å². The molecule has 0 aliphatic heterocycles. The van der Waals surface area contributed by atoms with E-state index in [2.05, 4.69) is 5.43 Å². The second-order valence-electron chi connectivity index (χ2n) is 3.29. The maximum absolute atomic E-state index is 11.3. The molecule has 3 heteroatoms. The quantitative estimate of drug-likeness (QED) is 0.744. The standard InChI is InChI=1S/C11H16N2O/c1-4-11(14)13(3)12-10-7-5-6-9(2)8-10/h5-8,12H,4H2,1-3H3. The average molecular weight is 192 g/mol. The highest BCUT2D eigenvalue weighted by molar-refractivity contribution is 5.77. The van der Waals surface area contributed by atoms with E-state index < -0.39 is 0 Å². The van der Waals surface area contributed by atoms with E-state index in [1.165, 1.54) is 10.6 Å². The molecule has 0 aliphatic rings. The Balaban J connectivity index is 2.64. The number of aryl methyl sites for hydroxylation is 1. The highest BCUT2D eigenvalue weighted by Crippen LogP contribution is 2.10. The van der Waals surface area contributed by atoms with Gasteiger partial charge in [0.2, 0.25) is 5.91 Å². The van der Waals surface area contributed by atoms with Crippen molar-refractivity contribution in [1.82, 2.24) is 5.01 Å². The van der Waals surface area contributed by atoms with Gasteiger partial charge in [-0.25, -0.2) is 0 Å². The fraction of sp³-hybridized carbons (Fsp3) is 0.364. The highest BCUT2D eigenvalue weighted by Gasteiger charge is 2.04. The van der Waals surface area contributed by atoms with Gasteiger partial charge in [0.1, 0.15) is 0 Å². The lowest BCUT2D eigenvalue weighted by Gasteiger charge is -2.18. The van der Waals surface area contributed by atoms with Crippen LogP contribution in [-0.4, -0.2) is 18.0 Å². The summed E-state index contributed by atoms with van der Waals surface area (Å²) in [5.74, 6) is 0.0755. The first-order chi connectivity index (χ1) is 6.63. The topological polar surface area (TPSA) is 32.3 Å². The van der Waals surface area contributed by atoms with Gasteiger partial charge in [-0.15, -0.1) is 0 Å². The molecule has 0 aromatic heterocycles. The van der Waals surface area contributed by atoms with Crippen molar-refractivity contribution in [2.24, 2.45) is 0 Å². The Morgan fingerprint density at radius 3 is 2.79 bits per heavy atom. The Morgan fingerprint density at radius 2 is 2.21 bits per heavy atom. The van der Waals surface area contributed by atoms with Crippen LogP contribution >= 0.6 is 0 Å². The van der Waals surface area contributed by atoms with E-state index in [1.54, 1.807) is 7.05 Å². The number of amides is 1. The summed E-state index contributed by atoms with van der Waals surface area (Å²) in [5, 5.41) is 1.51. The molecule has 0 saturated heterocycles. The van der Waals surface area contributed by atoms with Gasteiger partial charge in [-0.05, 0) is 24.6 Å². The first kappa shape index (κ1) is 10.6. The third-order valence-electron chi connectivity index (χ3n) is 1.99. The molecular formula is C11H16N2O. The number of hydrogen-bond donors (Lipinski definition) is 1. The second-order valence-corrected chi connectivity index (χ2v) is 3.29. The number of nitrogens with zero attached hydrogens (tertiary/aromatic N) is 1. The second kappa shape index (κ2) is 4.65. The molecule has 14 heavy (non-hydrogen) atoms. The smallest absolute Gasteiger partial charge is 0.240 e. The molecule has 0 atom stereocenters. The monoisotopic (exact) mass is 192 g/mol. The molecule has 76 valence electrons. The zero-order valence-corrected chi connectivity index (χ0v) is 8.87. The first-order valence-electron chi connectivity index (χ1n) is 4.73. The number of benzene rings is 1. The lowest BCUT2D eigenvalue weighted by Crippen LogP contribution is -2.31. The zero-order valence-electron chi connectivity index (χ0n) is 8.87. The molecule has 3 nitrogen and oxygen atoms in total. The number of nitrogens with one attached hydrogen (secondary N) is 1.